The van der Waals surface area contributed by atoms with Gasteiger partial charge in [-0.3, -0.25) is 9.69 Å². The van der Waals surface area contributed by atoms with E-state index in [0.717, 1.165) is 27.9 Å². The maximum Gasteiger partial charge on any atom is 0.573 e. The van der Waals surface area contributed by atoms with Crippen molar-refractivity contribution < 1.29 is 27.5 Å². The maximum atomic E-state index is 12.8. The van der Waals surface area contributed by atoms with Gasteiger partial charge in [-0.1, -0.05) is 54.2 Å². The quantitative estimate of drug-likeness (QED) is 0.267. The van der Waals surface area contributed by atoms with Crippen molar-refractivity contribution >= 4 is 34.6 Å². The first-order chi connectivity index (χ1) is 20.5. The zero-order chi connectivity index (χ0) is 30.7. The Hall–Kier alpha value is -4.65. The van der Waals surface area contributed by atoms with Gasteiger partial charge in [-0.15, -0.1) is 18.3 Å². The molecule has 1 atom stereocenters. The molecule has 3 amide bonds. The summed E-state index contributed by atoms with van der Waals surface area (Å²) in [6.45, 7) is 5.71. The lowest BCUT2D eigenvalue weighted by Crippen LogP contribution is -2.35. The molecule has 1 aliphatic heterocycles. The molecule has 0 saturated carbocycles. The van der Waals surface area contributed by atoms with Crippen LogP contribution >= 0.6 is 11.8 Å². The first-order valence-corrected chi connectivity index (χ1v) is 14.2. The summed E-state index contributed by atoms with van der Waals surface area (Å²) in [5.74, 6) is 0.223. The molecule has 5 rings (SSSR count). The van der Waals surface area contributed by atoms with Crippen LogP contribution in [0.3, 0.4) is 0 Å². The van der Waals surface area contributed by atoms with Gasteiger partial charge in [0, 0.05) is 11.6 Å². The summed E-state index contributed by atoms with van der Waals surface area (Å²) in [4.78, 5) is 35.4. The minimum absolute atomic E-state index is 0.116. The topological polar surface area (TPSA) is 102 Å². The number of hydrogen-bond acceptors (Lipinski definition) is 6. The highest BCUT2D eigenvalue weighted by atomic mass is 32.2. The number of nitrogens with zero attached hydrogens (tertiary/aromatic N) is 5. The second-order valence-corrected chi connectivity index (χ2v) is 10.9. The molecule has 1 N–H and O–H groups in total. The van der Waals surface area contributed by atoms with Gasteiger partial charge >= 0.3 is 12.4 Å². The molecule has 1 saturated heterocycles. The molecule has 1 fully saturated rings. The molecule has 0 radical (unpaired) electrons. The highest BCUT2D eigenvalue weighted by Crippen LogP contribution is 2.32. The predicted octanol–water partition coefficient (Wildman–Crippen LogP) is 6.23. The first kappa shape index (κ1) is 29.8. The van der Waals surface area contributed by atoms with Gasteiger partial charge in [0.1, 0.15) is 12.1 Å². The van der Waals surface area contributed by atoms with E-state index in [2.05, 4.69) is 25.1 Å². The van der Waals surface area contributed by atoms with E-state index in [0.29, 0.717) is 23.1 Å². The van der Waals surface area contributed by atoms with Gasteiger partial charge in [-0.2, -0.15) is 4.99 Å². The summed E-state index contributed by atoms with van der Waals surface area (Å²) in [5, 5.41) is 7.65. The number of amidine groups is 1. The molecule has 4 aromatic rings. The minimum Gasteiger partial charge on any atom is -0.406 e. The van der Waals surface area contributed by atoms with Crippen molar-refractivity contribution in [3.8, 4) is 22.8 Å². The molecule has 13 heteroatoms. The van der Waals surface area contributed by atoms with Gasteiger partial charge in [-0.05, 0) is 68.1 Å². The van der Waals surface area contributed by atoms with Crippen LogP contribution in [0, 0.1) is 13.8 Å². The number of aromatic nitrogens is 3. The number of benzene rings is 3. The van der Waals surface area contributed by atoms with Crippen molar-refractivity contribution in [2.75, 3.05) is 10.7 Å². The molecule has 1 aromatic heterocycles. The fourth-order valence-electron chi connectivity index (χ4n) is 4.67. The molecule has 222 valence electrons. The number of ether oxygens (including phenoxy) is 1. The minimum atomic E-state index is -4.76. The monoisotopic (exact) mass is 608 g/mol. The van der Waals surface area contributed by atoms with Crippen LogP contribution in [-0.4, -0.2) is 50.0 Å². The summed E-state index contributed by atoms with van der Waals surface area (Å²) >= 11 is 1.24. The van der Waals surface area contributed by atoms with Crippen molar-refractivity contribution in [3.05, 3.63) is 89.7 Å². The van der Waals surface area contributed by atoms with Crippen molar-refractivity contribution in [1.29, 1.82) is 0 Å². The zero-order valence-electron chi connectivity index (χ0n) is 23.4. The number of aryl methyl sites for hydroxylation is 2. The van der Waals surface area contributed by atoms with E-state index in [-0.39, 0.29) is 23.5 Å². The van der Waals surface area contributed by atoms with Gasteiger partial charge in [0.15, 0.2) is 11.0 Å². The van der Waals surface area contributed by atoms with Crippen LogP contribution in [0.4, 0.5) is 23.7 Å². The largest absolute Gasteiger partial charge is 0.573 e. The molecule has 43 heavy (non-hydrogen) atoms. The fraction of sp³-hybridized carbons (Fsp3) is 0.233. The number of hydrogen-bond donors (Lipinski definition) is 1. The van der Waals surface area contributed by atoms with Crippen LogP contribution in [0.1, 0.15) is 23.6 Å². The number of halogens is 3. The van der Waals surface area contributed by atoms with Crippen molar-refractivity contribution in [1.82, 2.24) is 20.1 Å². The molecule has 0 bridgehead atoms. The molecule has 1 aliphatic rings. The van der Waals surface area contributed by atoms with E-state index in [4.69, 9.17) is 0 Å². The number of thioether (sulfide) groups is 1. The summed E-state index contributed by atoms with van der Waals surface area (Å²) < 4.78 is 42.6. The number of rotatable bonds is 7. The summed E-state index contributed by atoms with van der Waals surface area (Å²) in [6, 6.07) is 17.8. The van der Waals surface area contributed by atoms with Crippen LogP contribution in [0.2, 0.25) is 0 Å². The Labute approximate surface area is 249 Å². The first-order valence-electron chi connectivity index (χ1n) is 13.2. The number of anilines is 1. The maximum absolute atomic E-state index is 12.8. The Balaban J connectivity index is 1.19. The SMILES string of the molecule is Cc1cccc(C)c1N1C(=O)CSC1=NC(=O)NC(C)Cc1ccc(-c2ncn(-c3ccc(OC(F)(F)F)cc3)n2)cc1. The summed E-state index contributed by atoms with van der Waals surface area (Å²) in [5.41, 5.74) is 4.84. The number of carbonyl (C=O) groups excluding carboxylic acids is 2. The molecule has 2 heterocycles. The number of nitrogens with one attached hydrogen (secondary N) is 1. The van der Waals surface area contributed by atoms with Crippen molar-refractivity contribution in [3.63, 3.8) is 0 Å². The van der Waals surface area contributed by atoms with Crippen LogP contribution in [0.25, 0.3) is 17.1 Å². The van der Waals surface area contributed by atoms with Gasteiger partial charge in [0.25, 0.3) is 0 Å². The number of para-hydroxylation sites is 1. The van der Waals surface area contributed by atoms with E-state index in [9.17, 15) is 22.8 Å². The number of amides is 3. The van der Waals surface area contributed by atoms with E-state index in [1.165, 1.54) is 51.9 Å². The smallest absolute Gasteiger partial charge is 0.406 e. The Bertz CT molecular complexity index is 1650. The van der Waals surface area contributed by atoms with Crippen LogP contribution < -0.4 is 15.0 Å². The third kappa shape index (κ3) is 7.23. The Morgan fingerprint density at radius 3 is 2.40 bits per heavy atom. The average molecular weight is 609 g/mol. The molecular formula is C30H27F3N6O3S. The number of alkyl halides is 3. The summed E-state index contributed by atoms with van der Waals surface area (Å²) in [7, 11) is 0. The Kier molecular flexibility index (Phi) is 8.53. The van der Waals surface area contributed by atoms with E-state index >= 15 is 0 Å². The van der Waals surface area contributed by atoms with E-state index < -0.39 is 12.4 Å². The molecule has 0 aliphatic carbocycles. The lowest BCUT2D eigenvalue weighted by atomic mass is 10.1. The number of aliphatic imine (C=N–C) groups is 1. The Morgan fingerprint density at radius 2 is 1.74 bits per heavy atom. The molecule has 1 unspecified atom stereocenters. The normalized spacial score (nSPS) is 15.2. The summed E-state index contributed by atoms with van der Waals surface area (Å²) in [6.07, 6.45) is -2.75. The third-order valence-electron chi connectivity index (χ3n) is 6.58. The van der Waals surface area contributed by atoms with Gasteiger partial charge in [-0.25, -0.2) is 14.5 Å². The second kappa shape index (κ2) is 12.3. The molecule has 3 aromatic carbocycles. The van der Waals surface area contributed by atoms with Crippen molar-refractivity contribution in [2.45, 2.75) is 39.6 Å². The number of carbonyl (C=O) groups is 2. The predicted molar refractivity (Wildman–Crippen MR) is 158 cm³/mol. The van der Waals surface area contributed by atoms with E-state index in [1.807, 2.05) is 63.2 Å². The standard InChI is InChI=1S/C30H27F3N6O3S/c1-18-5-4-6-19(2)26(18)39-25(40)16-43-29(39)36-28(41)35-20(3)15-21-7-9-22(10-8-21)27-34-17-38(37-27)23-11-13-24(14-12-23)42-30(31,32)33/h4-14,17,20H,15-16H2,1-3H3,(H,35,41). The van der Waals surface area contributed by atoms with Crippen LogP contribution in [0.5, 0.6) is 5.75 Å². The van der Waals surface area contributed by atoms with Gasteiger partial charge < -0.3 is 10.1 Å². The van der Waals surface area contributed by atoms with Gasteiger partial charge in [0.2, 0.25) is 5.91 Å². The van der Waals surface area contributed by atoms with Crippen LogP contribution in [0.15, 0.2) is 78.0 Å². The molecule has 0 spiro atoms. The lowest BCUT2D eigenvalue weighted by molar-refractivity contribution is -0.274. The Morgan fingerprint density at radius 1 is 1.07 bits per heavy atom. The third-order valence-corrected chi connectivity index (χ3v) is 7.50. The second-order valence-electron chi connectivity index (χ2n) is 9.96. The van der Waals surface area contributed by atoms with Gasteiger partial charge in [0.05, 0.1) is 17.1 Å². The average Bonchev–Trinajstić information content (AvgIpc) is 3.56. The number of urea groups is 1. The van der Waals surface area contributed by atoms with Crippen LogP contribution in [-0.2, 0) is 11.2 Å². The molecule has 9 nitrogen and oxygen atoms in total. The highest BCUT2D eigenvalue weighted by Gasteiger charge is 2.33. The van der Waals surface area contributed by atoms with E-state index in [1.54, 1.807) is 0 Å². The highest BCUT2D eigenvalue weighted by molar-refractivity contribution is 8.15. The lowest BCUT2D eigenvalue weighted by Gasteiger charge is -2.21. The van der Waals surface area contributed by atoms with Crippen molar-refractivity contribution in [2.24, 2.45) is 4.99 Å². The molecular weight excluding hydrogens is 581 g/mol. The zero-order valence-corrected chi connectivity index (χ0v) is 24.2. The fourth-order valence-corrected chi connectivity index (χ4v) is 5.52.